The van der Waals surface area contributed by atoms with Crippen molar-refractivity contribution in [3.63, 3.8) is 0 Å². The highest BCUT2D eigenvalue weighted by atomic mass is 32.1. The third kappa shape index (κ3) is 6.05. The third-order valence-electron chi connectivity index (χ3n) is 4.22. The Morgan fingerprint density at radius 2 is 1.71 bits per heavy atom. The summed E-state index contributed by atoms with van der Waals surface area (Å²) in [6, 6.07) is 7.76. The number of aromatic nitrogens is 1. The molecule has 0 bridgehead atoms. The summed E-state index contributed by atoms with van der Waals surface area (Å²) in [5.41, 5.74) is 2.38. The molecule has 1 heterocycles. The van der Waals surface area contributed by atoms with Crippen LogP contribution in [0.1, 0.15) is 68.5 Å². The number of hydrogen-bond donors (Lipinski definition) is 2. The molecule has 0 saturated heterocycles. The van der Waals surface area contributed by atoms with Crippen LogP contribution in [0.25, 0.3) is 0 Å². The number of nitrogens with zero attached hydrogens (tertiary/aromatic N) is 2. The van der Waals surface area contributed by atoms with E-state index in [1.165, 1.54) is 16.9 Å². The molecule has 3 amide bonds. The highest BCUT2D eigenvalue weighted by Crippen LogP contribution is 2.19. The van der Waals surface area contributed by atoms with Crippen molar-refractivity contribution in [1.82, 2.24) is 15.2 Å². The van der Waals surface area contributed by atoms with E-state index in [0.717, 1.165) is 10.7 Å². The van der Waals surface area contributed by atoms with Crippen molar-refractivity contribution in [2.75, 3.05) is 5.32 Å². The highest BCUT2D eigenvalue weighted by Gasteiger charge is 2.20. The number of rotatable bonds is 7. The first-order valence-corrected chi connectivity index (χ1v) is 10.5. The van der Waals surface area contributed by atoms with Crippen LogP contribution in [0.3, 0.4) is 0 Å². The number of anilines is 1. The standard InChI is InChI=1S/C21H30N4O2S/c1-13(2)16-7-9-17(10-8-16)23-21(27)25(15(5)6)11-19-24-18(12-28-19)20(26)22-14(3)4/h7-10,12-15H,11H2,1-6H3,(H,22,26)(H,23,27). The van der Waals surface area contributed by atoms with Gasteiger partial charge in [0, 0.05) is 23.2 Å². The molecule has 0 aliphatic carbocycles. The van der Waals surface area contributed by atoms with Crippen molar-refractivity contribution in [1.29, 1.82) is 0 Å². The Morgan fingerprint density at radius 1 is 1.07 bits per heavy atom. The number of carbonyl (C=O) groups excluding carboxylic acids is 2. The Kier molecular flexibility index (Phi) is 7.57. The second kappa shape index (κ2) is 9.68. The molecule has 0 aliphatic rings. The van der Waals surface area contributed by atoms with Gasteiger partial charge in [-0.15, -0.1) is 11.3 Å². The first kappa shape index (κ1) is 21.9. The lowest BCUT2D eigenvalue weighted by atomic mass is 10.0. The normalized spacial score (nSPS) is 11.2. The van der Waals surface area contributed by atoms with E-state index in [9.17, 15) is 9.59 Å². The second-order valence-electron chi connectivity index (χ2n) is 7.68. The highest BCUT2D eigenvalue weighted by molar-refractivity contribution is 7.09. The van der Waals surface area contributed by atoms with Gasteiger partial charge >= 0.3 is 6.03 Å². The van der Waals surface area contributed by atoms with Crippen molar-refractivity contribution >= 4 is 29.0 Å². The van der Waals surface area contributed by atoms with Gasteiger partial charge in [0.2, 0.25) is 0 Å². The molecule has 2 aromatic rings. The smallest absolute Gasteiger partial charge is 0.322 e. The van der Waals surface area contributed by atoms with Crippen LogP contribution in [0.15, 0.2) is 29.6 Å². The van der Waals surface area contributed by atoms with Gasteiger partial charge in [-0.1, -0.05) is 26.0 Å². The summed E-state index contributed by atoms with van der Waals surface area (Å²) >= 11 is 1.39. The molecular formula is C21H30N4O2S. The second-order valence-corrected chi connectivity index (χ2v) is 8.63. The van der Waals surface area contributed by atoms with Crippen LogP contribution in [-0.4, -0.2) is 33.9 Å². The Labute approximate surface area is 171 Å². The molecule has 2 rings (SSSR count). The molecule has 152 valence electrons. The minimum Gasteiger partial charge on any atom is -0.349 e. The summed E-state index contributed by atoms with van der Waals surface area (Å²) in [6.45, 7) is 12.4. The molecule has 6 nitrogen and oxygen atoms in total. The number of thiazole rings is 1. The average Bonchev–Trinajstić information content (AvgIpc) is 3.08. The van der Waals surface area contributed by atoms with Crippen LogP contribution in [0.2, 0.25) is 0 Å². The van der Waals surface area contributed by atoms with Crippen LogP contribution in [0.5, 0.6) is 0 Å². The van der Waals surface area contributed by atoms with Crippen LogP contribution in [-0.2, 0) is 6.54 Å². The topological polar surface area (TPSA) is 74.3 Å². The van der Waals surface area contributed by atoms with Crippen molar-refractivity contribution in [2.24, 2.45) is 0 Å². The van der Waals surface area contributed by atoms with E-state index < -0.39 is 0 Å². The van der Waals surface area contributed by atoms with Gasteiger partial charge in [0.15, 0.2) is 0 Å². The molecule has 0 radical (unpaired) electrons. The minimum atomic E-state index is -0.191. The van der Waals surface area contributed by atoms with Crippen LogP contribution in [0, 0.1) is 0 Å². The fraction of sp³-hybridized carbons (Fsp3) is 0.476. The molecule has 0 spiro atoms. The maximum Gasteiger partial charge on any atom is 0.322 e. The molecule has 0 atom stereocenters. The van der Waals surface area contributed by atoms with Crippen molar-refractivity contribution in [3.8, 4) is 0 Å². The predicted octanol–water partition coefficient (Wildman–Crippen LogP) is 4.85. The Bertz CT molecular complexity index is 797. The summed E-state index contributed by atoms with van der Waals surface area (Å²) in [7, 11) is 0. The molecule has 0 fully saturated rings. The van der Waals surface area contributed by atoms with Gasteiger partial charge in [0.05, 0.1) is 6.54 Å². The molecule has 28 heavy (non-hydrogen) atoms. The fourth-order valence-corrected chi connectivity index (χ4v) is 3.38. The molecule has 0 saturated carbocycles. The monoisotopic (exact) mass is 402 g/mol. The Hall–Kier alpha value is -2.41. The minimum absolute atomic E-state index is 0.00761. The number of urea groups is 1. The average molecular weight is 403 g/mol. The molecular weight excluding hydrogens is 372 g/mol. The lowest BCUT2D eigenvalue weighted by molar-refractivity contribution is 0.0938. The zero-order chi connectivity index (χ0) is 20.8. The summed E-state index contributed by atoms with van der Waals surface area (Å²) in [5, 5.41) is 8.24. The maximum atomic E-state index is 12.8. The third-order valence-corrected chi connectivity index (χ3v) is 5.06. The summed E-state index contributed by atoms with van der Waals surface area (Å²) < 4.78 is 0. The number of benzene rings is 1. The van der Waals surface area contributed by atoms with E-state index in [2.05, 4.69) is 29.5 Å². The van der Waals surface area contributed by atoms with Crippen LogP contribution < -0.4 is 10.6 Å². The van der Waals surface area contributed by atoms with Gasteiger partial charge in [-0.05, 0) is 51.3 Å². The van der Waals surface area contributed by atoms with Crippen LogP contribution in [0.4, 0.5) is 10.5 Å². The molecule has 0 unspecified atom stereocenters. The quantitative estimate of drug-likeness (QED) is 0.695. The Morgan fingerprint density at radius 3 is 2.25 bits per heavy atom. The van der Waals surface area contributed by atoms with Gasteiger partial charge in [0.1, 0.15) is 10.7 Å². The van der Waals surface area contributed by atoms with E-state index in [1.807, 2.05) is 52.0 Å². The van der Waals surface area contributed by atoms with E-state index in [0.29, 0.717) is 18.2 Å². The van der Waals surface area contributed by atoms with E-state index in [-0.39, 0.29) is 24.0 Å². The molecule has 7 heteroatoms. The van der Waals surface area contributed by atoms with Gasteiger partial charge in [-0.25, -0.2) is 9.78 Å². The van der Waals surface area contributed by atoms with E-state index >= 15 is 0 Å². The largest absolute Gasteiger partial charge is 0.349 e. The fourth-order valence-electron chi connectivity index (χ4n) is 2.61. The van der Waals surface area contributed by atoms with E-state index in [1.54, 1.807) is 10.3 Å². The van der Waals surface area contributed by atoms with Gasteiger partial charge in [0.25, 0.3) is 5.91 Å². The zero-order valence-corrected chi connectivity index (χ0v) is 18.3. The summed E-state index contributed by atoms with van der Waals surface area (Å²) in [5.74, 6) is 0.257. The van der Waals surface area contributed by atoms with Gasteiger partial charge in [-0.2, -0.15) is 0 Å². The van der Waals surface area contributed by atoms with Crippen LogP contribution >= 0.6 is 11.3 Å². The van der Waals surface area contributed by atoms with Crippen molar-refractivity contribution < 1.29 is 9.59 Å². The molecule has 2 N–H and O–H groups in total. The number of nitrogens with one attached hydrogen (secondary N) is 2. The first-order chi connectivity index (χ1) is 13.2. The Balaban J connectivity index is 2.05. The lowest BCUT2D eigenvalue weighted by Gasteiger charge is -2.26. The molecule has 1 aromatic carbocycles. The predicted molar refractivity (Wildman–Crippen MR) is 115 cm³/mol. The van der Waals surface area contributed by atoms with Gasteiger partial charge < -0.3 is 15.5 Å². The number of amides is 3. The number of hydrogen-bond acceptors (Lipinski definition) is 4. The summed E-state index contributed by atoms with van der Waals surface area (Å²) in [6.07, 6.45) is 0. The molecule has 0 aliphatic heterocycles. The number of carbonyl (C=O) groups is 2. The van der Waals surface area contributed by atoms with Gasteiger partial charge in [-0.3, -0.25) is 4.79 Å². The van der Waals surface area contributed by atoms with Crippen molar-refractivity contribution in [3.05, 3.63) is 45.9 Å². The zero-order valence-electron chi connectivity index (χ0n) is 17.4. The lowest BCUT2D eigenvalue weighted by Crippen LogP contribution is -2.39. The molecule has 1 aromatic heterocycles. The summed E-state index contributed by atoms with van der Waals surface area (Å²) in [4.78, 5) is 31.0. The SMILES string of the molecule is CC(C)NC(=O)c1csc(CN(C(=O)Nc2ccc(C(C)C)cc2)C(C)C)n1. The van der Waals surface area contributed by atoms with Crippen molar-refractivity contribution in [2.45, 2.75) is 66.1 Å². The first-order valence-electron chi connectivity index (χ1n) is 9.60. The maximum absolute atomic E-state index is 12.8. The van der Waals surface area contributed by atoms with E-state index in [4.69, 9.17) is 0 Å².